The second kappa shape index (κ2) is 7.28. The molecule has 0 atom stereocenters. The normalized spacial score (nSPS) is 15.6. The lowest BCUT2D eigenvalue weighted by molar-refractivity contribution is 0.267. The Kier molecular flexibility index (Phi) is 4.92. The van der Waals surface area contributed by atoms with Gasteiger partial charge in [-0.3, -0.25) is 9.69 Å². The third-order valence-corrected chi connectivity index (χ3v) is 4.22. The van der Waals surface area contributed by atoms with Crippen LogP contribution in [0, 0.1) is 0 Å². The van der Waals surface area contributed by atoms with Gasteiger partial charge in [0.25, 0.3) is 5.56 Å². The molecule has 1 N–H and O–H groups in total. The fourth-order valence-electron chi connectivity index (χ4n) is 2.79. The summed E-state index contributed by atoms with van der Waals surface area (Å²) in [6.07, 6.45) is 1.69. The Balaban J connectivity index is 1.42. The van der Waals surface area contributed by atoms with Crippen molar-refractivity contribution in [2.75, 3.05) is 49.5 Å². The minimum atomic E-state index is -0.0912. The molecule has 0 unspecified atom stereocenters. The first-order valence-electron chi connectivity index (χ1n) is 8.02. The first-order valence-corrected chi connectivity index (χ1v) is 8.02. The SMILES string of the molecule is Cn1ncc(NCCN2CCN(c3ccccc3)CC2)cc1=O. The Morgan fingerprint density at radius 3 is 2.57 bits per heavy atom. The maximum atomic E-state index is 11.5. The molecule has 1 aromatic heterocycles. The fraction of sp³-hybridized carbons (Fsp3) is 0.412. The molecule has 6 heteroatoms. The quantitative estimate of drug-likeness (QED) is 0.893. The summed E-state index contributed by atoms with van der Waals surface area (Å²) in [5, 5.41) is 7.28. The highest BCUT2D eigenvalue weighted by Crippen LogP contribution is 2.15. The van der Waals surface area contributed by atoms with E-state index in [1.54, 1.807) is 19.3 Å². The van der Waals surface area contributed by atoms with E-state index in [9.17, 15) is 4.79 Å². The number of para-hydroxylation sites is 1. The van der Waals surface area contributed by atoms with Crippen LogP contribution in [0.15, 0.2) is 47.4 Å². The molecule has 6 nitrogen and oxygen atoms in total. The molecule has 0 saturated carbocycles. The molecule has 1 aliphatic heterocycles. The highest BCUT2D eigenvalue weighted by molar-refractivity contribution is 5.46. The number of aryl methyl sites for hydroxylation is 1. The lowest BCUT2D eigenvalue weighted by Gasteiger charge is -2.36. The molecule has 1 aliphatic rings. The summed E-state index contributed by atoms with van der Waals surface area (Å²) >= 11 is 0. The molecule has 0 bridgehead atoms. The molecule has 0 spiro atoms. The second-order valence-electron chi connectivity index (χ2n) is 5.80. The first kappa shape index (κ1) is 15.6. The smallest absolute Gasteiger partial charge is 0.268 e. The third kappa shape index (κ3) is 4.10. The molecule has 122 valence electrons. The van der Waals surface area contributed by atoms with Gasteiger partial charge < -0.3 is 10.2 Å². The van der Waals surface area contributed by atoms with E-state index in [-0.39, 0.29) is 5.56 Å². The maximum Gasteiger partial charge on any atom is 0.268 e. The molecule has 2 heterocycles. The van der Waals surface area contributed by atoms with Crippen molar-refractivity contribution >= 4 is 11.4 Å². The average Bonchev–Trinajstić information content (AvgIpc) is 2.59. The van der Waals surface area contributed by atoms with Crippen LogP contribution in [0.1, 0.15) is 0 Å². The van der Waals surface area contributed by atoms with E-state index < -0.39 is 0 Å². The number of anilines is 2. The number of rotatable bonds is 5. The number of hydrogen-bond acceptors (Lipinski definition) is 5. The zero-order valence-corrected chi connectivity index (χ0v) is 13.5. The molecule has 23 heavy (non-hydrogen) atoms. The standard InChI is InChI=1S/C17H23N5O/c1-20-17(23)13-15(14-19-20)18-7-8-21-9-11-22(12-10-21)16-5-3-2-4-6-16/h2-6,13-14,18H,7-12H2,1H3. The number of piperazine rings is 1. The van der Waals surface area contributed by atoms with Crippen LogP contribution in [-0.4, -0.2) is 53.9 Å². The van der Waals surface area contributed by atoms with Gasteiger partial charge in [-0.25, -0.2) is 4.68 Å². The topological polar surface area (TPSA) is 53.4 Å². The summed E-state index contributed by atoms with van der Waals surface area (Å²) < 4.78 is 1.33. The zero-order chi connectivity index (χ0) is 16.1. The van der Waals surface area contributed by atoms with Gasteiger partial charge in [-0.15, -0.1) is 0 Å². The first-order chi connectivity index (χ1) is 11.2. The number of nitrogens with zero attached hydrogens (tertiary/aromatic N) is 4. The molecular formula is C17H23N5O. The van der Waals surface area contributed by atoms with Crippen LogP contribution in [0.5, 0.6) is 0 Å². The van der Waals surface area contributed by atoms with Gasteiger partial charge in [0, 0.05) is 58.1 Å². The van der Waals surface area contributed by atoms with E-state index in [4.69, 9.17) is 0 Å². The van der Waals surface area contributed by atoms with Gasteiger partial charge in [0.05, 0.1) is 11.9 Å². The summed E-state index contributed by atoms with van der Waals surface area (Å²) in [6.45, 7) is 6.02. The second-order valence-corrected chi connectivity index (χ2v) is 5.80. The molecular weight excluding hydrogens is 290 g/mol. The van der Waals surface area contributed by atoms with Crippen molar-refractivity contribution in [3.63, 3.8) is 0 Å². The minimum Gasteiger partial charge on any atom is -0.382 e. The predicted octanol–water partition coefficient (Wildman–Crippen LogP) is 1.01. The monoisotopic (exact) mass is 313 g/mol. The van der Waals surface area contributed by atoms with E-state index >= 15 is 0 Å². The lowest BCUT2D eigenvalue weighted by atomic mass is 10.2. The average molecular weight is 313 g/mol. The Labute approximate surface area is 136 Å². The number of nitrogens with one attached hydrogen (secondary N) is 1. The number of benzene rings is 1. The van der Waals surface area contributed by atoms with Crippen molar-refractivity contribution in [3.8, 4) is 0 Å². The van der Waals surface area contributed by atoms with Crippen LogP contribution in [0.25, 0.3) is 0 Å². The maximum absolute atomic E-state index is 11.5. The van der Waals surface area contributed by atoms with Crippen LogP contribution >= 0.6 is 0 Å². The van der Waals surface area contributed by atoms with Crippen molar-refractivity contribution < 1.29 is 0 Å². The number of hydrogen-bond donors (Lipinski definition) is 1. The third-order valence-electron chi connectivity index (χ3n) is 4.22. The van der Waals surface area contributed by atoms with Crippen LogP contribution in [0.3, 0.4) is 0 Å². The fourth-order valence-corrected chi connectivity index (χ4v) is 2.79. The van der Waals surface area contributed by atoms with Gasteiger partial charge in [0.15, 0.2) is 0 Å². The van der Waals surface area contributed by atoms with Crippen molar-refractivity contribution in [1.82, 2.24) is 14.7 Å². The van der Waals surface area contributed by atoms with Gasteiger partial charge in [-0.05, 0) is 12.1 Å². The Morgan fingerprint density at radius 2 is 1.87 bits per heavy atom. The van der Waals surface area contributed by atoms with Gasteiger partial charge >= 0.3 is 0 Å². The molecule has 1 saturated heterocycles. The van der Waals surface area contributed by atoms with Gasteiger partial charge in [-0.1, -0.05) is 18.2 Å². The molecule has 0 aliphatic carbocycles. The molecule has 0 radical (unpaired) electrons. The Morgan fingerprint density at radius 1 is 1.13 bits per heavy atom. The van der Waals surface area contributed by atoms with Crippen LogP contribution in [-0.2, 0) is 7.05 Å². The van der Waals surface area contributed by atoms with Crippen LogP contribution in [0.2, 0.25) is 0 Å². The molecule has 1 aromatic carbocycles. The summed E-state index contributed by atoms with van der Waals surface area (Å²) in [6, 6.07) is 12.1. The molecule has 2 aromatic rings. The molecule has 0 amide bonds. The summed E-state index contributed by atoms with van der Waals surface area (Å²) in [5.41, 5.74) is 2.00. The summed E-state index contributed by atoms with van der Waals surface area (Å²) in [7, 11) is 1.65. The molecule has 1 fully saturated rings. The summed E-state index contributed by atoms with van der Waals surface area (Å²) in [5.74, 6) is 0. The minimum absolute atomic E-state index is 0.0912. The van der Waals surface area contributed by atoms with E-state index in [1.165, 1.54) is 10.4 Å². The van der Waals surface area contributed by atoms with Crippen molar-refractivity contribution in [1.29, 1.82) is 0 Å². The van der Waals surface area contributed by atoms with E-state index in [1.807, 2.05) is 0 Å². The van der Waals surface area contributed by atoms with Crippen molar-refractivity contribution in [3.05, 3.63) is 52.9 Å². The van der Waals surface area contributed by atoms with Crippen molar-refractivity contribution in [2.45, 2.75) is 0 Å². The van der Waals surface area contributed by atoms with E-state index in [0.717, 1.165) is 45.0 Å². The van der Waals surface area contributed by atoms with Gasteiger partial charge in [0.1, 0.15) is 0 Å². The highest BCUT2D eigenvalue weighted by atomic mass is 16.1. The van der Waals surface area contributed by atoms with Gasteiger partial charge in [-0.2, -0.15) is 5.10 Å². The van der Waals surface area contributed by atoms with Crippen LogP contribution in [0.4, 0.5) is 11.4 Å². The summed E-state index contributed by atoms with van der Waals surface area (Å²) in [4.78, 5) is 16.4. The largest absolute Gasteiger partial charge is 0.382 e. The lowest BCUT2D eigenvalue weighted by Crippen LogP contribution is -2.47. The van der Waals surface area contributed by atoms with Crippen LogP contribution < -0.4 is 15.8 Å². The molecule has 3 rings (SSSR count). The van der Waals surface area contributed by atoms with Crippen molar-refractivity contribution in [2.24, 2.45) is 7.05 Å². The zero-order valence-electron chi connectivity index (χ0n) is 13.5. The Bertz CT molecular complexity index is 677. The number of aromatic nitrogens is 2. The Hall–Kier alpha value is -2.34. The van der Waals surface area contributed by atoms with Gasteiger partial charge in [0.2, 0.25) is 0 Å². The van der Waals surface area contributed by atoms with E-state index in [0.29, 0.717) is 0 Å². The highest BCUT2D eigenvalue weighted by Gasteiger charge is 2.16. The van der Waals surface area contributed by atoms with E-state index in [2.05, 4.69) is 50.5 Å². The predicted molar refractivity (Wildman–Crippen MR) is 93.1 cm³/mol.